The maximum atomic E-state index is 11.1. The standard InChI is InChI=1S/C7H16ClNO2S/c1-7(2)4-5-9(3)12(10,11)6-8/h7H,4-6H2,1-3H3. The van der Waals surface area contributed by atoms with Gasteiger partial charge in [-0.25, -0.2) is 12.7 Å². The molecule has 0 rings (SSSR count). The molecule has 0 aromatic rings. The highest BCUT2D eigenvalue weighted by molar-refractivity contribution is 7.90. The summed E-state index contributed by atoms with van der Waals surface area (Å²) in [7, 11) is -1.64. The van der Waals surface area contributed by atoms with Crippen LogP contribution in [0, 0.1) is 5.92 Å². The van der Waals surface area contributed by atoms with E-state index in [-0.39, 0.29) is 5.21 Å². The largest absolute Gasteiger partial charge is 0.227 e. The zero-order chi connectivity index (χ0) is 9.78. The lowest BCUT2D eigenvalue weighted by Gasteiger charge is -2.15. The molecule has 0 saturated carbocycles. The molecular formula is C7H16ClNO2S. The molecule has 0 amide bonds. The summed E-state index contributed by atoms with van der Waals surface area (Å²) in [5, 5.41) is -0.332. The molecule has 0 aromatic heterocycles. The third-order valence-electron chi connectivity index (χ3n) is 1.63. The van der Waals surface area contributed by atoms with Crippen LogP contribution < -0.4 is 0 Å². The number of halogens is 1. The molecule has 0 bridgehead atoms. The summed E-state index contributed by atoms with van der Waals surface area (Å²) in [6.45, 7) is 4.66. The fourth-order valence-electron chi connectivity index (χ4n) is 0.662. The van der Waals surface area contributed by atoms with Gasteiger partial charge in [-0.3, -0.25) is 0 Å². The van der Waals surface area contributed by atoms with Crippen molar-refractivity contribution in [3.8, 4) is 0 Å². The van der Waals surface area contributed by atoms with Gasteiger partial charge in [-0.05, 0) is 12.3 Å². The fourth-order valence-corrected chi connectivity index (χ4v) is 1.71. The lowest BCUT2D eigenvalue weighted by molar-refractivity contribution is 0.430. The van der Waals surface area contributed by atoms with Gasteiger partial charge in [0, 0.05) is 13.6 Å². The summed E-state index contributed by atoms with van der Waals surface area (Å²) in [5.74, 6) is 0.512. The third kappa shape index (κ3) is 4.28. The topological polar surface area (TPSA) is 37.4 Å². The molecule has 0 spiro atoms. The van der Waals surface area contributed by atoms with Crippen molar-refractivity contribution in [2.24, 2.45) is 5.92 Å². The number of sulfonamides is 1. The zero-order valence-electron chi connectivity index (χ0n) is 7.75. The van der Waals surface area contributed by atoms with E-state index in [1.807, 2.05) is 0 Å². The molecule has 0 radical (unpaired) electrons. The Bertz CT molecular complexity index is 213. The first-order valence-electron chi connectivity index (χ1n) is 3.90. The molecule has 0 fully saturated rings. The molecular weight excluding hydrogens is 198 g/mol. The monoisotopic (exact) mass is 213 g/mol. The van der Waals surface area contributed by atoms with Gasteiger partial charge >= 0.3 is 0 Å². The van der Waals surface area contributed by atoms with Crippen molar-refractivity contribution in [3.63, 3.8) is 0 Å². The second-order valence-corrected chi connectivity index (χ2v) is 5.89. The van der Waals surface area contributed by atoms with Crippen molar-refractivity contribution in [3.05, 3.63) is 0 Å². The normalized spacial score (nSPS) is 12.8. The Morgan fingerprint density at radius 2 is 1.92 bits per heavy atom. The molecule has 0 aromatic carbocycles. The van der Waals surface area contributed by atoms with Crippen LogP contribution in [0.1, 0.15) is 20.3 Å². The number of hydrogen-bond donors (Lipinski definition) is 0. The van der Waals surface area contributed by atoms with Crippen molar-refractivity contribution < 1.29 is 8.42 Å². The molecule has 0 N–H and O–H groups in total. The van der Waals surface area contributed by atoms with Gasteiger partial charge in [-0.15, -0.1) is 11.6 Å². The molecule has 3 nitrogen and oxygen atoms in total. The molecule has 0 aliphatic heterocycles. The molecule has 0 unspecified atom stereocenters. The van der Waals surface area contributed by atoms with Crippen LogP contribution in [0.25, 0.3) is 0 Å². The first-order chi connectivity index (χ1) is 5.40. The summed E-state index contributed by atoms with van der Waals surface area (Å²) in [6.07, 6.45) is 0.868. The Balaban J connectivity index is 3.96. The van der Waals surface area contributed by atoms with Crippen LogP contribution >= 0.6 is 11.6 Å². The van der Waals surface area contributed by atoms with Crippen molar-refractivity contribution in [1.29, 1.82) is 0 Å². The quantitative estimate of drug-likeness (QED) is 0.649. The molecule has 0 saturated heterocycles. The highest BCUT2D eigenvalue weighted by Gasteiger charge is 2.15. The van der Waals surface area contributed by atoms with Crippen LogP contribution in [0.3, 0.4) is 0 Å². The Labute approximate surface area is 79.8 Å². The van der Waals surface area contributed by atoms with Crippen LogP contribution in [0.4, 0.5) is 0 Å². The molecule has 74 valence electrons. The van der Waals surface area contributed by atoms with Crippen LogP contribution in [0.5, 0.6) is 0 Å². The maximum absolute atomic E-state index is 11.1. The third-order valence-corrected chi connectivity index (χ3v) is 3.87. The van der Waals surface area contributed by atoms with Crippen LogP contribution in [-0.4, -0.2) is 31.5 Å². The highest BCUT2D eigenvalue weighted by Crippen LogP contribution is 2.05. The minimum Gasteiger partial charge on any atom is -0.211 e. The summed E-state index contributed by atoms with van der Waals surface area (Å²) >= 11 is 5.27. The number of hydrogen-bond acceptors (Lipinski definition) is 2. The first kappa shape index (κ1) is 12.2. The summed E-state index contributed by atoms with van der Waals surface area (Å²) in [6, 6.07) is 0. The average molecular weight is 214 g/mol. The number of nitrogens with zero attached hydrogens (tertiary/aromatic N) is 1. The minimum absolute atomic E-state index is 0.332. The predicted molar refractivity (Wildman–Crippen MR) is 51.7 cm³/mol. The Morgan fingerprint density at radius 3 is 2.25 bits per heavy atom. The molecule has 0 atom stereocenters. The van der Waals surface area contributed by atoms with E-state index in [4.69, 9.17) is 11.6 Å². The zero-order valence-corrected chi connectivity index (χ0v) is 9.32. The number of alkyl halides is 1. The Morgan fingerprint density at radius 1 is 1.42 bits per heavy atom. The van der Waals surface area contributed by atoms with Crippen LogP contribution in [0.2, 0.25) is 0 Å². The van der Waals surface area contributed by atoms with Crippen molar-refractivity contribution in [2.45, 2.75) is 20.3 Å². The lowest BCUT2D eigenvalue weighted by Crippen LogP contribution is -2.29. The van der Waals surface area contributed by atoms with Crippen molar-refractivity contribution in [2.75, 3.05) is 18.8 Å². The van der Waals surface area contributed by atoms with Gasteiger partial charge in [-0.2, -0.15) is 0 Å². The van der Waals surface area contributed by atoms with Gasteiger partial charge < -0.3 is 0 Å². The van der Waals surface area contributed by atoms with E-state index < -0.39 is 10.0 Å². The fraction of sp³-hybridized carbons (Fsp3) is 1.00. The number of rotatable bonds is 5. The molecule has 0 aliphatic carbocycles. The van der Waals surface area contributed by atoms with Gasteiger partial charge in [0.1, 0.15) is 5.21 Å². The van der Waals surface area contributed by atoms with E-state index in [1.165, 1.54) is 4.31 Å². The summed E-state index contributed by atoms with van der Waals surface area (Å²) < 4.78 is 23.5. The van der Waals surface area contributed by atoms with Crippen LogP contribution in [-0.2, 0) is 10.0 Å². The summed E-state index contributed by atoms with van der Waals surface area (Å²) in [4.78, 5) is 0. The summed E-state index contributed by atoms with van der Waals surface area (Å²) in [5.41, 5.74) is 0. The maximum Gasteiger partial charge on any atom is 0.227 e. The van der Waals surface area contributed by atoms with E-state index in [0.717, 1.165) is 6.42 Å². The van der Waals surface area contributed by atoms with E-state index in [0.29, 0.717) is 12.5 Å². The second kappa shape index (κ2) is 5.04. The van der Waals surface area contributed by atoms with Crippen LogP contribution in [0.15, 0.2) is 0 Å². The first-order valence-corrected chi connectivity index (χ1v) is 6.04. The Kier molecular flexibility index (Phi) is 5.13. The lowest BCUT2D eigenvalue weighted by atomic mass is 10.1. The predicted octanol–water partition coefficient (Wildman–Crippen LogP) is 1.49. The SMILES string of the molecule is CC(C)CCN(C)S(=O)(=O)CCl. The minimum atomic E-state index is -3.20. The second-order valence-electron chi connectivity index (χ2n) is 3.23. The van der Waals surface area contributed by atoms with E-state index in [2.05, 4.69) is 13.8 Å². The highest BCUT2D eigenvalue weighted by atomic mass is 35.5. The smallest absolute Gasteiger partial charge is 0.211 e. The molecule has 5 heteroatoms. The van der Waals surface area contributed by atoms with E-state index in [9.17, 15) is 8.42 Å². The molecule has 0 heterocycles. The average Bonchev–Trinajstić information content (AvgIpc) is 2.00. The molecule has 0 aliphatic rings. The van der Waals surface area contributed by atoms with Gasteiger partial charge in [0.2, 0.25) is 10.0 Å². The molecule has 12 heavy (non-hydrogen) atoms. The van der Waals surface area contributed by atoms with Crippen molar-refractivity contribution >= 4 is 21.6 Å². The van der Waals surface area contributed by atoms with Gasteiger partial charge in [0.05, 0.1) is 0 Å². The van der Waals surface area contributed by atoms with Gasteiger partial charge in [-0.1, -0.05) is 13.8 Å². The Hall–Kier alpha value is 0.200. The van der Waals surface area contributed by atoms with E-state index in [1.54, 1.807) is 7.05 Å². The van der Waals surface area contributed by atoms with E-state index >= 15 is 0 Å². The van der Waals surface area contributed by atoms with Crippen molar-refractivity contribution in [1.82, 2.24) is 4.31 Å². The van der Waals surface area contributed by atoms with Gasteiger partial charge in [0.15, 0.2) is 0 Å². The van der Waals surface area contributed by atoms with Gasteiger partial charge in [0.25, 0.3) is 0 Å².